The van der Waals surface area contributed by atoms with Gasteiger partial charge in [0.05, 0.1) is 7.11 Å². The molecular formula is C19H24N2O5S. The number of ether oxygens (including phenoxy) is 2. The molecule has 0 radical (unpaired) electrons. The Morgan fingerprint density at radius 3 is 2.44 bits per heavy atom. The van der Waals surface area contributed by atoms with Crippen LogP contribution in [0.25, 0.3) is 0 Å². The number of benzene rings is 2. The smallest absolute Gasteiger partial charge is 0.262 e. The molecule has 0 aromatic heterocycles. The number of amides is 1. The van der Waals surface area contributed by atoms with Crippen LogP contribution in [0, 0.1) is 13.8 Å². The van der Waals surface area contributed by atoms with Gasteiger partial charge >= 0.3 is 0 Å². The second-order valence-corrected chi connectivity index (χ2v) is 8.31. The van der Waals surface area contributed by atoms with E-state index in [1.807, 2.05) is 26.0 Å². The summed E-state index contributed by atoms with van der Waals surface area (Å²) in [5, 5.41) is 2.65. The van der Waals surface area contributed by atoms with E-state index in [9.17, 15) is 13.2 Å². The van der Waals surface area contributed by atoms with Crippen molar-refractivity contribution in [1.29, 1.82) is 0 Å². The summed E-state index contributed by atoms with van der Waals surface area (Å²) in [6, 6.07) is 10.1. The van der Waals surface area contributed by atoms with Crippen molar-refractivity contribution in [3.8, 4) is 11.5 Å². The highest BCUT2D eigenvalue weighted by Crippen LogP contribution is 2.29. The third-order valence-corrected chi connectivity index (χ3v) is 5.96. The lowest BCUT2D eigenvalue weighted by Gasteiger charge is -2.16. The van der Waals surface area contributed by atoms with Crippen LogP contribution >= 0.6 is 0 Å². The molecule has 0 aliphatic rings. The Bertz CT molecular complexity index is 939. The first-order valence-corrected chi connectivity index (χ1v) is 9.70. The average molecular weight is 392 g/mol. The monoisotopic (exact) mass is 392 g/mol. The second kappa shape index (κ2) is 8.41. The number of hydrogen-bond donors (Lipinski definition) is 1. The lowest BCUT2D eigenvalue weighted by Crippen LogP contribution is -2.24. The predicted octanol–water partition coefficient (Wildman–Crippen LogP) is 2.58. The van der Waals surface area contributed by atoms with Crippen molar-refractivity contribution in [3.63, 3.8) is 0 Å². The van der Waals surface area contributed by atoms with E-state index in [0.717, 1.165) is 15.4 Å². The van der Waals surface area contributed by atoms with Crippen LogP contribution in [0.4, 0.5) is 5.69 Å². The van der Waals surface area contributed by atoms with E-state index in [1.54, 1.807) is 12.1 Å². The van der Waals surface area contributed by atoms with Crippen LogP contribution < -0.4 is 14.8 Å². The van der Waals surface area contributed by atoms with Crippen molar-refractivity contribution in [3.05, 3.63) is 47.5 Å². The van der Waals surface area contributed by atoms with Gasteiger partial charge in [-0.1, -0.05) is 12.1 Å². The zero-order chi connectivity index (χ0) is 20.2. The first-order valence-electron chi connectivity index (χ1n) is 8.26. The lowest BCUT2D eigenvalue weighted by molar-refractivity contribution is -0.118. The number of methoxy groups -OCH3 is 1. The molecule has 0 aliphatic carbocycles. The maximum absolute atomic E-state index is 12.4. The normalized spacial score (nSPS) is 11.3. The number of hydrogen-bond acceptors (Lipinski definition) is 5. The molecule has 2 aromatic carbocycles. The number of nitrogens with one attached hydrogen (secondary N) is 1. The van der Waals surface area contributed by atoms with Gasteiger partial charge in [0.2, 0.25) is 10.0 Å². The fourth-order valence-electron chi connectivity index (χ4n) is 2.37. The number of rotatable bonds is 7. The molecule has 2 aromatic rings. The van der Waals surface area contributed by atoms with E-state index in [4.69, 9.17) is 9.47 Å². The fourth-order valence-corrected chi connectivity index (χ4v) is 3.45. The van der Waals surface area contributed by atoms with Gasteiger partial charge in [-0.25, -0.2) is 12.7 Å². The summed E-state index contributed by atoms with van der Waals surface area (Å²) in [4.78, 5) is 12.2. The van der Waals surface area contributed by atoms with Crippen LogP contribution in [0.3, 0.4) is 0 Å². The predicted molar refractivity (Wildman–Crippen MR) is 104 cm³/mol. The number of carbonyl (C=O) groups excluding carboxylic acids is 1. The van der Waals surface area contributed by atoms with Crippen molar-refractivity contribution in [2.45, 2.75) is 18.7 Å². The molecule has 7 nitrogen and oxygen atoms in total. The molecule has 1 amide bonds. The van der Waals surface area contributed by atoms with Crippen LogP contribution in [0.1, 0.15) is 11.1 Å². The van der Waals surface area contributed by atoms with E-state index >= 15 is 0 Å². The third-order valence-electron chi connectivity index (χ3n) is 4.12. The molecule has 27 heavy (non-hydrogen) atoms. The van der Waals surface area contributed by atoms with Crippen molar-refractivity contribution in [2.75, 3.05) is 33.1 Å². The minimum atomic E-state index is -3.72. The van der Waals surface area contributed by atoms with Crippen LogP contribution in [-0.4, -0.2) is 46.4 Å². The maximum atomic E-state index is 12.4. The highest BCUT2D eigenvalue weighted by Gasteiger charge is 2.23. The summed E-state index contributed by atoms with van der Waals surface area (Å²) in [5.74, 6) is 0.443. The van der Waals surface area contributed by atoms with Crippen molar-refractivity contribution in [1.82, 2.24) is 4.31 Å². The lowest BCUT2D eigenvalue weighted by atomic mass is 10.1. The molecule has 0 saturated carbocycles. The number of carbonyl (C=O) groups is 1. The fraction of sp³-hybridized carbons (Fsp3) is 0.316. The molecular weight excluding hydrogens is 368 g/mol. The quantitative estimate of drug-likeness (QED) is 0.783. The topological polar surface area (TPSA) is 84.9 Å². The molecule has 0 heterocycles. The highest BCUT2D eigenvalue weighted by atomic mass is 32.2. The summed E-state index contributed by atoms with van der Waals surface area (Å²) in [6.07, 6.45) is 0. The Morgan fingerprint density at radius 2 is 1.81 bits per heavy atom. The Morgan fingerprint density at radius 1 is 1.11 bits per heavy atom. The maximum Gasteiger partial charge on any atom is 0.262 e. The van der Waals surface area contributed by atoms with Crippen LogP contribution in [0.15, 0.2) is 41.3 Å². The summed E-state index contributed by atoms with van der Waals surface area (Å²) < 4.78 is 36.7. The zero-order valence-electron chi connectivity index (χ0n) is 16.1. The van der Waals surface area contributed by atoms with E-state index < -0.39 is 15.9 Å². The summed E-state index contributed by atoms with van der Waals surface area (Å²) in [7, 11) is 0.529. The number of anilines is 1. The van der Waals surface area contributed by atoms with Crippen LogP contribution in [0.2, 0.25) is 0 Å². The summed E-state index contributed by atoms with van der Waals surface area (Å²) >= 11 is 0. The molecule has 2 rings (SSSR count). The number of aryl methyl sites for hydroxylation is 1. The van der Waals surface area contributed by atoms with Crippen LogP contribution in [0.5, 0.6) is 11.5 Å². The number of sulfonamides is 1. The van der Waals surface area contributed by atoms with Crippen molar-refractivity contribution >= 4 is 21.6 Å². The minimum absolute atomic E-state index is 0.0248. The van der Waals surface area contributed by atoms with E-state index in [-0.39, 0.29) is 17.3 Å². The number of nitrogens with zero attached hydrogens (tertiary/aromatic N) is 1. The van der Waals surface area contributed by atoms with Crippen molar-refractivity contribution < 1.29 is 22.7 Å². The summed E-state index contributed by atoms with van der Waals surface area (Å²) in [5.41, 5.74) is 2.38. The molecule has 0 bridgehead atoms. The molecule has 0 saturated heterocycles. The van der Waals surface area contributed by atoms with Gasteiger partial charge in [-0.15, -0.1) is 0 Å². The SMILES string of the molecule is COc1ccc(NC(=O)COc2cccc(C)c2C)cc1S(=O)(=O)N(C)C. The van der Waals surface area contributed by atoms with Gasteiger partial charge in [0.15, 0.2) is 6.61 Å². The molecule has 0 spiro atoms. The molecule has 0 atom stereocenters. The Labute approximate surface area is 160 Å². The van der Waals surface area contributed by atoms with Gasteiger partial charge in [0.25, 0.3) is 5.91 Å². The van der Waals surface area contributed by atoms with Gasteiger partial charge < -0.3 is 14.8 Å². The standard InChI is InChI=1S/C19H24N2O5S/c1-13-7-6-8-16(14(13)2)26-12-19(22)20-15-9-10-17(25-5)18(11-15)27(23,24)21(3)4/h6-11H,12H2,1-5H3,(H,20,22). The van der Waals surface area contributed by atoms with Crippen LogP contribution in [-0.2, 0) is 14.8 Å². The second-order valence-electron chi connectivity index (χ2n) is 6.19. The molecule has 0 unspecified atom stereocenters. The molecule has 0 aliphatic heterocycles. The first kappa shape index (κ1) is 20.7. The minimum Gasteiger partial charge on any atom is -0.495 e. The molecule has 8 heteroatoms. The first-order chi connectivity index (χ1) is 12.7. The van der Waals surface area contributed by atoms with Gasteiger partial charge in [-0.2, -0.15) is 0 Å². The molecule has 1 N–H and O–H groups in total. The van der Waals surface area contributed by atoms with E-state index in [0.29, 0.717) is 11.4 Å². The van der Waals surface area contributed by atoms with E-state index in [2.05, 4.69) is 5.32 Å². The van der Waals surface area contributed by atoms with Gasteiger partial charge in [0, 0.05) is 19.8 Å². The summed E-state index contributed by atoms with van der Waals surface area (Å²) in [6.45, 7) is 3.70. The molecule has 0 fully saturated rings. The van der Waals surface area contributed by atoms with E-state index in [1.165, 1.54) is 33.3 Å². The third kappa shape index (κ3) is 4.78. The van der Waals surface area contributed by atoms with Crippen molar-refractivity contribution in [2.24, 2.45) is 0 Å². The Balaban J connectivity index is 2.15. The van der Waals surface area contributed by atoms with Gasteiger partial charge in [-0.05, 0) is 49.2 Å². The highest BCUT2D eigenvalue weighted by molar-refractivity contribution is 7.89. The van der Waals surface area contributed by atoms with Gasteiger partial charge in [-0.3, -0.25) is 4.79 Å². The largest absolute Gasteiger partial charge is 0.495 e. The Hall–Kier alpha value is -2.58. The van der Waals surface area contributed by atoms with Gasteiger partial charge in [0.1, 0.15) is 16.4 Å². The zero-order valence-corrected chi connectivity index (χ0v) is 16.9. The average Bonchev–Trinajstić information content (AvgIpc) is 2.62. The molecule has 146 valence electrons. The Kier molecular flexibility index (Phi) is 6.45.